The van der Waals surface area contributed by atoms with Gasteiger partial charge in [0.1, 0.15) is 0 Å². The summed E-state index contributed by atoms with van der Waals surface area (Å²) in [5.41, 5.74) is 1.30. The highest BCUT2D eigenvalue weighted by atomic mass is 32.2. The maximum absolute atomic E-state index is 13.2. The molecule has 2 aliphatic heterocycles. The number of hydrogen-bond acceptors (Lipinski definition) is 6. The number of alkyl halides is 1. The highest BCUT2D eigenvalue weighted by molar-refractivity contribution is 7.90. The third-order valence-electron chi connectivity index (χ3n) is 6.10. The van der Waals surface area contributed by atoms with Crippen LogP contribution in [0, 0.1) is 11.8 Å². The van der Waals surface area contributed by atoms with Crippen molar-refractivity contribution in [3.05, 3.63) is 23.8 Å². The number of piperazine rings is 1. The number of ether oxygens (including phenoxy) is 1. The lowest BCUT2D eigenvalue weighted by molar-refractivity contribution is -0.0964. The van der Waals surface area contributed by atoms with Crippen LogP contribution in [-0.4, -0.2) is 69.9 Å². The molecule has 0 radical (unpaired) electrons. The number of halogens is 1. The van der Waals surface area contributed by atoms with E-state index in [0.29, 0.717) is 36.5 Å². The van der Waals surface area contributed by atoms with Crippen molar-refractivity contribution < 1.29 is 22.7 Å². The quantitative estimate of drug-likeness (QED) is 0.751. The van der Waals surface area contributed by atoms with Gasteiger partial charge >= 0.3 is 0 Å². The fraction of sp³-hybridized carbons (Fsp3) is 0.714. The van der Waals surface area contributed by atoms with E-state index in [1.165, 1.54) is 6.26 Å². The van der Waals surface area contributed by atoms with Gasteiger partial charge in [-0.15, -0.1) is 0 Å². The number of hydrogen-bond donors (Lipinski definition) is 1. The van der Waals surface area contributed by atoms with Gasteiger partial charge in [0.05, 0.1) is 18.1 Å². The van der Waals surface area contributed by atoms with Gasteiger partial charge in [-0.2, -0.15) is 0 Å². The Kier molecular flexibility index (Phi) is 7.19. The van der Waals surface area contributed by atoms with Crippen molar-refractivity contribution in [3.8, 4) is 0 Å². The molecule has 2 saturated heterocycles. The molecule has 1 aromatic carbocycles. The number of aliphatic hydroxyl groups excluding tert-OH is 1. The van der Waals surface area contributed by atoms with Crippen LogP contribution in [-0.2, 0) is 21.2 Å². The Morgan fingerprint density at radius 3 is 2.62 bits per heavy atom. The van der Waals surface area contributed by atoms with E-state index < -0.39 is 16.2 Å². The van der Waals surface area contributed by atoms with Crippen LogP contribution in [0.2, 0.25) is 0 Å². The summed E-state index contributed by atoms with van der Waals surface area (Å²) in [5.74, 6) is 0.790. The van der Waals surface area contributed by atoms with Crippen LogP contribution < -0.4 is 4.90 Å². The SMILES string of the molecule is CC(C)[C@H]1CN(c2ccc(CO)c(S(C)(=O)=O)c2)CCN1C[C@@H]1CCC(F)OC1. The molecule has 1 aromatic rings. The van der Waals surface area contributed by atoms with Crippen LogP contribution in [0.15, 0.2) is 23.1 Å². The first-order chi connectivity index (χ1) is 13.7. The lowest BCUT2D eigenvalue weighted by Crippen LogP contribution is -2.56. The fourth-order valence-corrected chi connectivity index (χ4v) is 5.35. The van der Waals surface area contributed by atoms with Crippen LogP contribution in [0.3, 0.4) is 0 Å². The summed E-state index contributed by atoms with van der Waals surface area (Å²) in [6.07, 6.45) is 1.39. The maximum atomic E-state index is 13.2. The minimum atomic E-state index is -3.41. The van der Waals surface area contributed by atoms with Crippen LogP contribution in [0.4, 0.5) is 10.1 Å². The highest BCUT2D eigenvalue weighted by Crippen LogP contribution is 2.29. The fourth-order valence-electron chi connectivity index (χ4n) is 4.41. The number of rotatable bonds is 6. The van der Waals surface area contributed by atoms with Gasteiger partial charge in [0.2, 0.25) is 0 Å². The van der Waals surface area contributed by atoms with Crippen LogP contribution in [0.1, 0.15) is 32.3 Å². The second-order valence-electron chi connectivity index (χ2n) is 8.66. The van der Waals surface area contributed by atoms with Crippen LogP contribution in [0.5, 0.6) is 0 Å². The Labute approximate surface area is 173 Å². The third kappa shape index (κ3) is 5.48. The van der Waals surface area contributed by atoms with Gasteiger partial charge in [0.15, 0.2) is 16.2 Å². The first-order valence-electron chi connectivity index (χ1n) is 10.4. The summed E-state index contributed by atoms with van der Waals surface area (Å²) in [6, 6.07) is 5.61. The average molecular weight is 429 g/mol. The number of nitrogens with zero attached hydrogens (tertiary/aromatic N) is 2. The molecule has 164 valence electrons. The normalized spacial score (nSPS) is 26.8. The topological polar surface area (TPSA) is 70.1 Å². The minimum absolute atomic E-state index is 0.196. The van der Waals surface area contributed by atoms with Crippen molar-refractivity contribution in [2.75, 3.05) is 43.9 Å². The second-order valence-corrected chi connectivity index (χ2v) is 10.6. The molecule has 0 amide bonds. The molecule has 29 heavy (non-hydrogen) atoms. The molecule has 0 aromatic heterocycles. The zero-order chi connectivity index (χ0) is 21.2. The van der Waals surface area contributed by atoms with Gasteiger partial charge in [-0.3, -0.25) is 4.90 Å². The molecule has 1 N–H and O–H groups in total. The number of aliphatic hydroxyl groups is 1. The molecule has 0 aliphatic carbocycles. The summed E-state index contributed by atoms with van der Waals surface area (Å²) in [6.45, 7) is 7.96. The molecule has 2 aliphatic rings. The average Bonchev–Trinajstić information content (AvgIpc) is 2.68. The molecule has 2 fully saturated rings. The maximum Gasteiger partial charge on any atom is 0.198 e. The smallest absolute Gasteiger partial charge is 0.198 e. The Hall–Kier alpha value is -1.22. The molecule has 3 rings (SSSR count). The minimum Gasteiger partial charge on any atom is -0.392 e. The van der Waals surface area contributed by atoms with Crippen molar-refractivity contribution in [2.45, 2.75) is 50.6 Å². The monoisotopic (exact) mass is 428 g/mol. The summed E-state index contributed by atoms with van der Waals surface area (Å²) in [5, 5.41) is 9.49. The first-order valence-corrected chi connectivity index (χ1v) is 12.3. The summed E-state index contributed by atoms with van der Waals surface area (Å²) in [4.78, 5) is 4.90. The largest absolute Gasteiger partial charge is 0.392 e. The molecule has 0 saturated carbocycles. The Bertz CT molecular complexity index is 794. The molecule has 2 heterocycles. The summed E-state index contributed by atoms with van der Waals surface area (Å²) < 4.78 is 42.7. The van der Waals surface area contributed by atoms with E-state index in [4.69, 9.17) is 4.74 Å². The van der Waals surface area contributed by atoms with E-state index >= 15 is 0 Å². The number of anilines is 1. The van der Waals surface area contributed by atoms with E-state index in [1.54, 1.807) is 12.1 Å². The standard InChI is InChI=1S/C21H33FN2O4S/c1-15(2)19-12-23(8-9-24(19)11-16-4-7-21(22)28-14-16)18-6-5-17(13-25)20(10-18)29(3,26)27/h5-6,10,15-16,19,21,25H,4,7-9,11-14H2,1-3H3/t16-,19+,21?/m0/s1. The van der Waals surface area contributed by atoms with E-state index in [1.807, 2.05) is 6.07 Å². The zero-order valence-electron chi connectivity index (χ0n) is 17.6. The second kappa shape index (κ2) is 9.29. The van der Waals surface area contributed by atoms with Gasteiger partial charge in [0.25, 0.3) is 0 Å². The molecular formula is C21H33FN2O4S. The van der Waals surface area contributed by atoms with Gasteiger partial charge in [-0.05, 0) is 36.0 Å². The van der Waals surface area contributed by atoms with Crippen LogP contribution >= 0.6 is 0 Å². The molecular weight excluding hydrogens is 395 g/mol. The summed E-state index contributed by atoms with van der Waals surface area (Å²) in [7, 11) is -3.41. The predicted molar refractivity (Wildman–Crippen MR) is 111 cm³/mol. The molecule has 8 heteroatoms. The predicted octanol–water partition coefficient (Wildman–Crippen LogP) is 2.45. The Morgan fingerprint density at radius 1 is 1.28 bits per heavy atom. The highest BCUT2D eigenvalue weighted by Gasteiger charge is 2.32. The number of benzene rings is 1. The van der Waals surface area contributed by atoms with Crippen molar-refractivity contribution in [1.82, 2.24) is 4.90 Å². The van der Waals surface area contributed by atoms with Crippen molar-refractivity contribution >= 4 is 15.5 Å². The van der Waals surface area contributed by atoms with Crippen molar-refractivity contribution in [2.24, 2.45) is 11.8 Å². The van der Waals surface area contributed by atoms with Crippen LogP contribution in [0.25, 0.3) is 0 Å². The van der Waals surface area contributed by atoms with Gasteiger partial charge in [-0.25, -0.2) is 12.8 Å². The molecule has 6 nitrogen and oxygen atoms in total. The molecule has 1 unspecified atom stereocenters. The van der Waals surface area contributed by atoms with Gasteiger partial charge < -0.3 is 14.7 Å². The van der Waals surface area contributed by atoms with E-state index in [2.05, 4.69) is 23.6 Å². The molecule has 3 atom stereocenters. The molecule has 0 spiro atoms. The summed E-state index contributed by atoms with van der Waals surface area (Å²) >= 11 is 0. The van der Waals surface area contributed by atoms with E-state index in [0.717, 1.165) is 38.3 Å². The Morgan fingerprint density at radius 2 is 2.03 bits per heavy atom. The first kappa shape index (κ1) is 22.5. The van der Waals surface area contributed by atoms with Gasteiger partial charge in [0, 0.05) is 50.6 Å². The van der Waals surface area contributed by atoms with Gasteiger partial charge in [-0.1, -0.05) is 19.9 Å². The Balaban J connectivity index is 1.74. The van der Waals surface area contributed by atoms with E-state index in [9.17, 15) is 17.9 Å². The lowest BCUT2D eigenvalue weighted by atomic mass is 9.95. The molecule has 0 bridgehead atoms. The zero-order valence-corrected chi connectivity index (χ0v) is 18.4. The number of sulfone groups is 1. The van der Waals surface area contributed by atoms with Crippen molar-refractivity contribution in [1.29, 1.82) is 0 Å². The van der Waals surface area contributed by atoms with E-state index in [-0.39, 0.29) is 11.5 Å². The lowest BCUT2D eigenvalue weighted by Gasteiger charge is -2.46. The van der Waals surface area contributed by atoms with Crippen molar-refractivity contribution in [3.63, 3.8) is 0 Å². The third-order valence-corrected chi connectivity index (χ3v) is 7.28.